The van der Waals surface area contributed by atoms with E-state index in [1.54, 1.807) is 0 Å². The van der Waals surface area contributed by atoms with Crippen molar-refractivity contribution in [1.82, 2.24) is 10.6 Å². The summed E-state index contributed by atoms with van der Waals surface area (Å²) < 4.78 is 0. The number of hydrogen-bond acceptors (Lipinski definition) is 3. The number of rotatable bonds is 2. The molecule has 2 fully saturated rings. The van der Waals surface area contributed by atoms with Gasteiger partial charge in [-0.3, -0.25) is 4.79 Å². The summed E-state index contributed by atoms with van der Waals surface area (Å²) in [4.78, 5) is 11.9. The monoisotopic (exact) mass is 211 g/mol. The first-order valence-electron chi connectivity index (χ1n) is 6.01. The molecule has 1 saturated heterocycles. The van der Waals surface area contributed by atoms with Gasteiger partial charge in [0.15, 0.2) is 0 Å². The Morgan fingerprint density at radius 2 is 1.87 bits per heavy atom. The first-order valence-corrected chi connectivity index (χ1v) is 6.01. The summed E-state index contributed by atoms with van der Waals surface area (Å²) in [5.74, 6) is 0.400. The van der Waals surface area contributed by atoms with Gasteiger partial charge in [0.05, 0.1) is 5.66 Å². The van der Waals surface area contributed by atoms with Crippen LogP contribution in [0.5, 0.6) is 0 Å². The molecule has 0 spiro atoms. The van der Waals surface area contributed by atoms with Gasteiger partial charge in [-0.25, -0.2) is 0 Å². The summed E-state index contributed by atoms with van der Waals surface area (Å²) in [6.45, 7) is 1.81. The summed E-state index contributed by atoms with van der Waals surface area (Å²) in [5.41, 5.74) is 5.70. The van der Waals surface area contributed by atoms with Crippen LogP contribution in [0, 0.1) is 5.92 Å². The van der Waals surface area contributed by atoms with E-state index < -0.39 is 5.66 Å². The molecular formula is C11H21N3O. The molecule has 4 nitrogen and oxygen atoms in total. The molecule has 86 valence electrons. The van der Waals surface area contributed by atoms with E-state index in [0.717, 1.165) is 38.8 Å². The summed E-state index contributed by atoms with van der Waals surface area (Å²) in [6.07, 6.45) is 6.14. The standard InChI is InChI=1S/C11H21N3O/c12-11(5-7-13-8-6-11)14-10(15)9-3-1-2-4-9/h9,13H,1-8,12H2,(H,14,15). The summed E-state index contributed by atoms with van der Waals surface area (Å²) in [5, 5.41) is 6.29. The van der Waals surface area contributed by atoms with E-state index in [1.165, 1.54) is 12.8 Å². The molecule has 0 radical (unpaired) electrons. The number of carbonyl (C=O) groups is 1. The lowest BCUT2D eigenvalue weighted by molar-refractivity contribution is -0.127. The van der Waals surface area contributed by atoms with Crippen molar-refractivity contribution in [2.45, 2.75) is 44.2 Å². The van der Waals surface area contributed by atoms with Gasteiger partial charge in [0.1, 0.15) is 0 Å². The van der Waals surface area contributed by atoms with E-state index in [0.29, 0.717) is 0 Å². The molecule has 0 aromatic heterocycles. The topological polar surface area (TPSA) is 67.1 Å². The maximum Gasteiger partial charge on any atom is 0.224 e. The molecule has 1 amide bonds. The molecule has 2 rings (SSSR count). The Hall–Kier alpha value is -0.610. The third kappa shape index (κ3) is 2.69. The van der Waals surface area contributed by atoms with Crippen molar-refractivity contribution in [3.8, 4) is 0 Å². The molecule has 0 bridgehead atoms. The van der Waals surface area contributed by atoms with Crippen molar-refractivity contribution in [2.24, 2.45) is 11.7 Å². The minimum atomic E-state index is -0.453. The summed E-state index contributed by atoms with van der Waals surface area (Å²) in [6, 6.07) is 0. The molecule has 4 N–H and O–H groups in total. The van der Waals surface area contributed by atoms with Gasteiger partial charge >= 0.3 is 0 Å². The lowest BCUT2D eigenvalue weighted by Crippen LogP contribution is -2.61. The zero-order valence-electron chi connectivity index (χ0n) is 9.22. The van der Waals surface area contributed by atoms with E-state index in [1.807, 2.05) is 0 Å². The van der Waals surface area contributed by atoms with Gasteiger partial charge in [-0.15, -0.1) is 0 Å². The quantitative estimate of drug-likeness (QED) is 0.577. The highest BCUT2D eigenvalue weighted by atomic mass is 16.2. The van der Waals surface area contributed by atoms with Crippen molar-refractivity contribution < 1.29 is 4.79 Å². The van der Waals surface area contributed by atoms with Crippen LogP contribution in [0.2, 0.25) is 0 Å². The minimum Gasteiger partial charge on any atom is -0.338 e. The van der Waals surface area contributed by atoms with Crippen molar-refractivity contribution >= 4 is 5.91 Å². The first-order chi connectivity index (χ1) is 7.20. The van der Waals surface area contributed by atoms with E-state index in [-0.39, 0.29) is 11.8 Å². The Labute approximate surface area is 91.0 Å². The van der Waals surface area contributed by atoms with Crippen LogP contribution in [-0.4, -0.2) is 24.7 Å². The van der Waals surface area contributed by atoms with Crippen LogP contribution in [0.15, 0.2) is 0 Å². The highest BCUT2D eigenvalue weighted by molar-refractivity contribution is 5.79. The highest BCUT2D eigenvalue weighted by Gasteiger charge is 2.32. The van der Waals surface area contributed by atoms with Gasteiger partial charge in [-0.1, -0.05) is 12.8 Å². The van der Waals surface area contributed by atoms with Crippen molar-refractivity contribution in [3.05, 3.63) is 0 Å². The van der Waals surface area contributed by atoms with Gasteiger partial charge in [0, 0.05) is 5.92 Å². The first kappa shape index (κ1) is 10.9. The van der Waals surface area contributed by atoms with Crippen LogP contribution in [0.3, 0.4) is 0 Å². The van der Waals surface area contributed by atoms with Crippen LogP contribution in [0.25, 0.3) is 0 Å². The molecule has 1 aliphatic heterocycles. The number of nitrogens with two attached hydrogens (primary N) is 1. The van der Waals surface area contributed by atoms with Crippen LogP contribution < -0.4 is 16.4 Å². The van der Waals surface area contributed by atoms with Crippen LogP contribution in [-0.2, 0) is 4.79 Å². The number of piperidine rings is 1. The maximum absolute atomic E-state index is 11.9. The normalized spacial score (nSPS) is 26.5. The zero-order valence-corrected chi connectivity index (χ0v) is 9.22. The molecule has 0 atom stereocenters. The van der Waals surface area contributed by atoms with E-state index in [4.69, 9.17) is 5.73 Å². The predicted octanol–water partition coefficient (Wildman–Crippen LogP) is 0.331. The number of carbonyl (C=O) groups excluding carboxylic acids is 1. The van der Waals surface area contributed by atoms with Gasteiger partial charge in [-0.05, 0) is 38.8 Å². The molecule has 4 heteroatoms. The second kappa shape index (κ2) is 4.49. The molecule has 1 heterocycles. The van der Waals surface area contributed by atoms with E-state index >= 15 is 0 Å². The van der Waals surface area contributed by atoms with Gasteiger partial charge in [0.2, 0.25) is 5.91 Å². The van der Waals surface area contributed by atoms with Crippen molar-refractivity contribution in [3.63, 3.8) is 0 Å². The number of nitrogens with one attached hydrogen (secondary N) is 2. The predicted molar refractivity (Wildman–Crippen MR) is 59.1 cm³/mol. The molecular weight excluding hydrogens is 190 g/mol. The Balaban J connectivity index is 1.86. The van der Waals surface area contributed by atoms with Gasteiger partial charge < -0.3 is 16.4 Å². The Morgan fingerprint density at radius 1 is 1.27 bits per heavy atom. The summed E-state index contributed by atoms with van der Waals surface area (Å²) >= 11 is 0. The van der Waals surface area contributed by atoms with E-state index in [9.17, 15) is 4.79 Å². The fourth-order valence-electron chi connectivity index (χ4n) is 2.53. The third-order valence-electron chi connectivity index (χ3n) is 3.59. The van der Waals surface area contributed by atoms with Gasteiger partial charge in [-0.2, -0.15) is 0 Å². The average Bonchev–Trinajstić information content (AvgIpc) is 2.70. The Kier molecular flexibility index (Phi) is 3.26. The third-order valence-corrected chi connectivity index (χ3v) is 3.59. The Morgan fingerprint density at radius 3 is 2.47 bits per heavy atom. The smallest absolute Gasteiger partial charge is 0.224 e. The lowest BCUT2D eigenvalue weighted by atomic mass is 9.97. The molecule has 15 heavy (non-hydrogen) atoms. The fraction of sp³-hybridized carbons (Fsp3) is 0.909. The molecule has 2 aliphatic rings. The molecule has 0 unspecified atom stereocenters. The van der Waals surface area contributed by atoms with Crippen molar-refractivity contribution in [2.75, 3.05) is 13.1 Å². The summed E-state index contributed by atoms with van der Waals surface area (Å²) in [7, 11) is 0. The molecule has 0 aromatic carbocycles. The maximum atomic E-state index is 11.9. The van der Waals surface area contributed by atoms with Crippen LogP contribution in [0.4, 0.5) is 0 Å². The lowest BCUT2D eigenvalue weighted by Gasteiger charge is -2.35. The number of amides is 1. The van der Waals surface area contributed by atoms with Crippen molar-refractivity contribution in [1.29, 1.82) is 0 Å². The van der Waals surface area contributed by atoms with Crippen LogP contribution >= 0.6 is 0 Å². The molecule has 1 aliphatic carbocycles. The van der Waals surface area contributed by atoms with Gasteiger partial charge in [0.25, 0.3) is 0 Å². The largest absolute Gasteiger partial charge is 0.338 e. The average molecular weight is 211 g/mol. The highest BCUT2D eigenvalue weighted by Crippen LogP contribution is 2.25. The van der Waals surface area contributed by atoms with E-state index in [2.05, 4.69) is 10.6 Å². The SMILES string of the molecule is NC1(NC(=O)C2CCCC2)CCNCC1. The zero-order chi connectivity index (χ0) is 10.7. The molecule has 1 saturated carbocycles. The second-order valence-electron chi connectivity index (χ2n) is 4.88. The molecule has 0 aromatic rings. The minimum absolute atomic E-state index is 0.178. The second-order valence-corrected chi connectivity index (χ2v) is 4.88. The fourth-order valence-corrected chi connectivity index (χ4v) is 2.53. The van der Waals surface area contributed by atoms with Crippen LogP contribution in [0.1, 0.15) is 38.5 Å². The Bertz CT molecular complexity index is 230. The number of hydrogen-bond donors (Lipinski definition) is 3.